The molecule has 2 aromatic heterocycles. The molecule has 2 heterocycles. The number of hydrogen-bond acceptors (Lipinski definition) is 4. The topological polar surface area (TPSA) is 74.7 Å². The number of nitriles is 1. The van der Waals surface area contributed by atoms with E-state index >= 15 is 0 Å². The van der Waals surface area contributed by atoms with E-state index in [1.807, 2.05) is 18.2 Å². The normalized spacial score (nSPS) is 12.3. The number of para-hydroxylation sites is 2. The molecule has 0 unspecified atom stereocenters. The van der Waals surface area contributed by atoms with E-state index in [0.717, 1.165) is 67.2 Å². The van der Waals surface area contributed by atoms with Gasteiger partial charge in [0.2, 0.25) is 0 Å². The summed E-state index contributed by atoms with van der Waals surface area (Å²) in [5.41, 5.74) is 12.6. The van der Waals surface area contributed by atoms with Crippen molar-refractivity contribution in [2.45, 2.75) is 105 Å². The van der Waals surface area contributed by atoms with Crippen molar-refractivity contribution in [2.75, 3.05) is 0 Å². The zero-order chi connectivity index (χ0) is 41.9. The van der Waals surface area contributed by atoms with E-state index in [9.17, 15) is 10.4 Å². The fourth-order valence-electron chi connectivity index (χ4n) is 7.35. The minimum absolute atomic E-state index is 0. The first-order valence-corrected chi connectivity index (χ1v) is 20.2. The summed E-state index contributed by atoms with van der Waals surface area (Å²) >= 11 is 0. The van der Waals surface area contributed by atoms with Crippen LogP contribution >= 0.6 is 0 Å². The third kappa shape index (κ3) is 8.71. The van der Waals surface area contributed by atoms with Gasteiger partial charge in [-0.25, -0.2) is 0 Å². The van der Waals surface area contributed by atoms with Crippen molar-refractivity contribution in [1.82, 2.24) is 14.5 Å². The summed E-state index contributed by atoms with van der Waals surface area (Å²) < 4.78 is 2.29. The van der Waals surface area contributed by atoms with Crippen molar-refractivity contribution in [3.63, 3.8) is 0 Å². The van der Waals surface area contributed by atoms with Crippen LogP contribution in [0.3, 0.4) is 0 Å². The zero-order valence-corrected chi connectivity index (χ0v) is 38.7. The first kappa shape index (κ1) is 43.3. The van der Waals surface area contributed by atoms with E-state index in [2.05, 4.69) is 185 Å². The van der Waals surface area contributed by atoms with Crippen LogP contribution in [0, 0.1) is 17.4 Å². The van der Waals surface area contributed by atoms with Gasteiger partial charge in [-0.1, -0.05) is 149 Å². The number of phenolic OH excluding ortho intramolecular Hbond substituents is 1. The van der Waals surface area contributed by atoms with E-state index in [4.69, 9.17) is 9.97 Å². The Morgan fingerprint density at radius 1 is 0.559 bits per heavy atom. The Balaban J connectivity index is 0.00000585. The number of imidazole rings is 1. The summed E-state index contributed by atoms with van der Waals surface area (Å²) in [5.74, 6) is 0.726. The van der Waals surface area contributed by atoms with Gasteiger partial charge in [0, 0.05) is 43.6 Å². The Morgan fingerprint density at radius 3 is 1.73 bits per heavy atom. The molecule has 0 aliphatic rings. The van der Waals surface area contributed by atoms with Gasteiger partial charge in [0.05, 0.1) is 28.1 Å². The second-order valence-corrected chi connectivity index (χ2v) is 19.7. The summed E-state index contributed by atoms with van der Waals surface area (Å²) in [6, 6.07) is 44.1. The molecule has 7 rings (SSSR count). The van der Waals surface area contributed by atoms with E-state index in [0.29, 0.717) is 11.3 Å². The van der Waals surface area contributed by atoms with Crippen LogP contribution in [0.25, 0.3) is 61.8 Å². The second kappa shape index (κ2) is 15.7. The van der Waals surface area contributed by atoms with Crippen LogP contribution in [0.1, 0.15) is 111 Å². The zero-order valence-electron chi connectivity index (χ0n) is 36.4. The number of fused-ring (bicyclic) bond motifs is 1. The van der Waals surface area contributed by atoms with Crippen LogP contribution in [0.15, 0.2) is 109 Å². The summed E-state index contributed by atoms with van der Waals surface area (Å²) in [7, 11) is 0. The first-order valence-electron chi connectivity index (χ1n) is 20.2. The van der Waals surface area contributed by atoms with Crippen LogP contribution in [0.4, 0.5) is 0 Å². The molecule has 6 heteroatoms. The Kier molecular flexibility index (Phi) is 11.5. The number of rotatable bonds is 5. The molecule has 0 aliphatic heterocycles. The Labute approximate surface area is 365 Å². The van der Waals surface area contributed by atoms with Gasteiger partial charge in [0.1, 0.15) is 11.8 Å². The molecule has 0 saturated carbocycles. The van der Waals surface area contributed by atoms with Crippen molar-refractivity contribution >= 4 is 11.0 Å². The summed E-state index contributed by atoms with van der Waals surface area (Å²) in [4.78, 5) is 10.6. The van der Waals surface area contributed by atoms with Crippen LogP contribution in [-0.4, -0.2) is 19.6 Å². The molecule has 0 saturated heterocycles. The van der Waals surface area contributed by atoms with Crippen LogP contribution in [0.5, 0.6) is 5.75 Å². The number of aromatic nitrogens is 3. The molecule has 304 valence electrons. The summed E-state index contributed by atoms with van der Waals surface area (Å²) in [6.07, 6.45) is 0. The van der Waals surface area contributed by atoms with Gasteiger partial charge in [-0.2, -0.15) is 5.26 Å². The van der Waals surface area contributed by atoms with E-state index in [-0.39, 0.29) is 54.0 Å². The molecule has 0 bridgehead atoms. The van der Waals surface area contributed by atoms with Crippen LogP contribution in [-0.2, 0) is 42.7 Å². The minimum atomic E-state index is -0.249. The van der Waals surface area contributed by atoms with Gasteiger partial charge in [0.15, 0.2) is 0 Å². The average Bonchev–Trinajstić information content (AvgIpc) is 3.56. The minimum Gasteiger partial charge on any atom is -0.506 e. The molecule has 0 fully saturated rings. The molecule has 0 amide bonds. The molecular weight excluding hydrogens is 904 g/mol. The van der Waals surface area contributed by atoms with Gasteiger partial charge >= 0.3 is 0 Å². The summed E-state index contributed by atoms with van der Waals surface area (Å²) in [5, 5.41) is 21.6. The van der Waals surface area contributed by atoms with E-state index < -0.39 is 0 Å². The number of phenols is 1. The third-order valence-electron chi connectivity index (χ3n) is 11.1. The molecule has 0 spiro atoms. The van der Waals surface area contributed by atoms with Gasteiger partial charge < -0.3 is 9.67 Å². The molecule has 59 heavy (non-hydrogen) atoms. The molecule has 5 nitrogen and oxygen atoms in total. The predicted molar refractivity (Wildman–Crippen MR) is 241 cm³/mol. The standard InChI is InChI=1S/C53H55N4O.Pt/c1-50(2,3)37-22-23-46(41(28-37)33-18-14-13-15-19-33)57-47-21-17-16-20-43(47)56-49(57)35-24-34(25-38(26-35)51(4,5)6)44-30-40(53(10,11)12)31-45(55-44)42-29-39(52(7,8)9)27-36(32-54)48(42)58;/h13-23,25-31,58H,1-12H3;/q-1;. The van der Waals surface area contributed by atoms with Crippen LogP contribution < -0.4 is 0 Å². The van der Waals surface area contributed by atoms with E-state index in [1.165, 1.54) is 5.56 Å². The van der Waals surface area contributed by atoms with E-state index in [1.54, 1.807) is 6.07 Å². The molecule has 5 aromatic carbocycles. The van der Waals surface area contributed by atoms with Crippen molar-refractivity contribution in [1.29, 1.82) is 5.26 Å². The van der Waals surface area contributed by atoms with Crippen LogP contribution in [0.2, 0.25) is 0 Å². The first-order chi connectivity index (χ1) is 27.1. The third-order valence-corrected chi connectivity index (χ3v) is 11.1. The van der Waals surface area contributed by atoms with Gasteiger partial charge in [0.25, 0.3) is 0 Å². The largest absolute Gasteiger partial charge is 0.506 e. The van der Waals surface area contributed by atoms with Crippen molar-refractivity contribution < 1.29 is 26.2 Å². The van der Waals surface area contributed by atoms with Gasteiger partial charge in [-0.05, 0) is 86.4 Å². The Morgan fingerprint density at radius 2 is 1.10 bits per heavy atom. The fraction of sp³-hybridized carbons (Fsp3) is 0.302. The number of benzene rings is 5. The number of nitrogens with zero attached hydrogens (tertiary/aromatic N) is 4. The maximum atomic E-state index is 11.5. The molecule has 1 N–H and O–H groups in total. The fourth-order valence-corrected chi connectivity index (χ4v) is 7.35. The molecular formula is C53H55N4OPt-. The van der Waals surface area contributed by atoms with Crippen molar-refractivity contribution in [3.8, 4) is 62.5 Å². The second-order valence-electron chi connectivity index (χ2n) is 19.7. The average molecular weight is 959 g/mol. The Hall–Kier alpha value is -5.30. The molecule has 0 atom stereocenters. The monoisotopic (exact) mass is 958 g/mol. The Bertz CT molecular complexity index is 2730. The summed E-state index contributed by atoms with van der Waals surface area (Å²) in [6.45, 7) is 26.3. The molecule has 7 aromatic rings. The smallest absolute Gasteiger partial charge is 0.142 e. The predicted octanol–water partition coefficient (Wildman–Crippen LogP) is 13.7. The number of hydrogen-bond donors (Lipinski definition) is 1. The SMILES string of the molecule is CC(C)(C)c1cc(-c2cc(C(C)(C)C)cc(-c3cc(C(C)(C)C)cc(C#N)c3O)n2)[c-]c(-c2nc3ccccc3n2-c2ccc(C(C)(C)C)cc2-c2ccccc2)c1.[Pt]. The maximum Gasteiger partial charge on any atom is 0.142 e. The quantitative estimate of drug-likeness (QED) is 0.174. The number of aromatic hydroxyl groups is 1. The maximum absolute atomic E-state index is 11.5. The van der Waals surface area contributed by atoms with Gasteiger partial charge in [-0.15, -0.1) is 23.8 Å². The van der Waals surface area contributed by atoms with Gasteiger partial charge in [-0.3, -0.25) is 9.97 Å². The molecule has 0 aliphatic carbocycles. The van der Waals surface area contributed by atoms with Crippen molar-refractivity contribution in [2.24, 2.45) is 0 Å². The van der Waals surface area contributed by atoms with Crippen molar-refractivity contribution in [3.05, 3.63) is 143 Å². The molecule has 0 radical (unpaired) electrons. The number of pyridine rings is 1.